The van der Waals surface area contributed by atoms with Crippen LogP contribution in [0.1, 0.15) is 24.8 Å². The summed E-state index contributed by atoms with van der Waals surface area (Å²) in [7, 11) is 0. The lowest BCUT2D eigenvalue weighted by Gasteiger charge is -2.20. The summed E-state index contributed by atoms with van der Waals surface area (Å²) in [6.07, 6.45) is 4.44. The van der Waals surface area contributed by atoms with E-state index in [1.54, 1.807) is 0 Å². The molecule has 1 fully saturated rings. The van der Waals surface area contributed by atoms with Crippen LogP contribution in [-0.2, 0) is 11.2 Å². The standard InChI is InChI=1S/C13H19ClN2O/c14-13-6-2-1-4-10(13)8-11(16-15)9-12-5-3-7-17-12/h1-2,4,6,11-12,16H,3,5,7-9,15H2. The van der Waals surface area contributed by atoms with Crippen LogP contribution in [0.5, 0.6) is 0 Å². The van der Waals surface area contributed by atoms with Crippen molar-refractivity contribution in [2.24, 2.45) is 5.84 Å². The van der Waals surface area contributed by atoms with Crippen molar-refractivity contribution in [3.63, 3.8) is 0 Å². The first-order chi connectivity index (χ1) is 8.29. The maximum absolute atomic E-state index is 6.14. The highest BCUT2D eigenvalue weighted by Gasteiger charge is 2.20. The molecule has 0 aromatic heterocycles. The molecule has 0 saturated carbocycles. The molecule has 1 aromatic rings. The summed E-state index contributed by atoms with van der Waals surface area (Å²) in [5.41, 5.74) is 4.00. The van der Waals surface area contributed by atoms with Crippen molar-refractivity contribution in [1.29, 1.82) is 0 Å². The molecule has 94 valence electrons. The van der Waals surface area contributed by atoms with Crippen molar-refractivity contribution in [2.45, 2.75) is 37.8 Å². The molecule has 1 heterocycles. The van der Waals surface area contributed by atoms with Gasteiger partial charge in [0, 0.05) is 17.7 Å². The quantitative estimate of drug-likeness (QED) is 0.626. The van der Waals surface area contributed by atoms with Gasteiger partial charge in [-0.25, -0.2) is 0 Å². The van der Waals surface area contributed by atoms with E-state index in [-0.39, 0.29) is 6.04 Å². The molecule has 0 radical (unpaired) electrons. The molecule has 1 aliphatic rings. The minimum absolute atomic E-state index is 0.220. The molecular weight excluding hydrogens is 236 g/mol. The SMILES string of the molecule is NNC(Cc1ccccc1Cl)CC1CCCO1. The fraction of sp³-hybridized carbons (Fsp3) is 0.538. The van der Waals surface area contributed by atoms with Gasteiger partial charge in [-0.05, 0) is 37.3 Å². The second-order valence-corrected chi connectivity index (χ2v) is 4.94. The summed E-state index contributed by atoms with van der Waals surface area (Å²) >= 11 is 6.14. The predicted octanol–water partition coefficient (Wildman–Crippen LogP) is 2.28. The molecule has 1 aliphatic heterocycles. The lowest BCUT2D eigenvalue weighted by atomic mass is 10.00. The third kappa shape index (κ3) is 3.68. The maximum Gasteiger partial charge on any atom is 0.0591 e. The van der Waals surface area contributed by atoms with Gasteiger partial charge in [0.05, 0.1) is 6.10 Å². The van der Waals surface area contributed by atoms with E-state index in [4.69, 9.17) is 22.2 Å². The molecule has 3 nitrogen and oxygen atoms in total. The van der Waals surface area contributed by atoms with Gasteiger partial charge in [0.1, 0.15) is 0 Å². The molecule has 1 aromatic carbocycles. The molecule has 2 atom stereocenters. The van der Waals surface area contributed by atoms with E-state index in [2.05, 4.69) is 5.43 Å². The van der Waals surface area contributed by atoms with Crippen molar-refractivity contribution in [3.8, 4) is 0 Å². The summed E-state index contributed by atoms with van der Waals surface area (Å²) < 4.78 is 5.62. The minimum atomic E-state index is 0.220. The summed E-state index contributed by atoms with van der Waals surface area (Å²) in [5, 5.41) is 0.806. The van der Waals surface area contributed by atoms with Gasteiger partial charge in [-0.15, -0.1) is 0 Å². The van der Waals surface area contributed by atoms with Crippen molar-refractivity contribution >= 4 is 11.6 Å². The molecule has 0 aliphatic carbocycles. The van der Waals surface area contributed by atoms with Crippen LogP contribution >= 0.6 is 11.6 Å². The lowest BCUT2D eigenvalue weighted by molar-refractivity contribution is 0.0946. The van der Waals surface area contributed by atoms with Crippen molar-refractivity contribution in [3.05, 3.63) is 34.9 Å². The van der Waals surface area contributed by atoms with Gasteiger partial charge in [-0.2, -0.15) is 0 Å². The first-order valence-electron chi connectivity index (χ1n) is 6.10. The molecule has 1 saturated heterocycles. The van der Waals surface area contributed by atoms with Gasteiger partial charge in [0.2, 0.25) is 0 Å². The Kier molecular flexibility index (Phi) is 4.80. The summed E-state index contributed by atoms with van der Waals surface area (Å²) in [4.78, 5) is 0. The lowest BCUT2D eigenvalue weighted by Crippen LogP contribution is -2.39. The first kappa shape index (κ1) is 12.8. The molecule has 0 amide bonds. The number of rotatable bonds is 5. The number of hydrazine groups is 1. The average molecular weight is 255 g/mol. The van der Waals surface area contributed by atoms with Crippen molar-refractivity contribution < 1.29 is 4.74 Å². The van der Waals surface area contributed by atoms with Gasteiger partial charge in [0.25, 0.3) is 0 Å². The van der Waals surface area contributed by atoms with Gasteiger partial charge in [0.15, 0.2) is 0 Å². The Balaban J connectivity index is 1.92. The van der Waals surface area contributed by atoms with Crippen LogP contribution < -0.4 is 11.3 Å². The molecular formula is C13H19ClN2O. The molecule has 0 spiro atoms. The average Bonchev–Trinajstić information content (AvgIpc) is 2.84. The Morgan fingerprint density at radius 2 is 2.29 bits per heavy atom. The van der Waals surface area contributed by atoms with Gasteiger partial charge >= 0.3 is 0 Å². The van der Waals surface area contributed by atoms with Crippen LogP contribution in [-0.4, -0.2) is 18.8 Å². The molecule has 2 rings (SSSR count). The van der Waals surface area contributed by atoms with Crippen LogP contribution in [0, 0.1) is 0 Å². The summed E-state index contributed by atoms with van der Waals surface area (Å²) in [6, 6.07) is 8.12. The van der Waals surface area contributed by atoms with Gasteiger partial charge < -0.3 is 4.74 Å². The van der Waals surface area contributed by atoms with E-state index < -0.39 is 0 Å². The molecule has 2 unspecified atom stereocenters. The van der Waals surface area contributed by atoms with E-state index in [1.807, 2.05) is 24.3 Å². The first-order valence-corrected chi connectivity index (χ1v) is 6.48. The van der Waals surface area contributed by atoms with Crippen LogP contribution in [0.15, 0.2) is 24.3 Å². The number of halogens is 1. The fourth-order valence-corrected chi connectivity index (χ4v) is 2.50. The Morgan fingerprint density at radius 1 is 1.47 bits per heavy atom. The van der Waals surface area contributed by atoms with E-state index in [9.17, 15) is 0 Å². The zero-order valence-corrected chi connectivity index (χ0v) is 10.6. The highest BCUT2D eigenvalue weighted by Crippen LogP contribution is 2.21. The molecule has 3 N–H and O–H groups in total. The van der Waals surface area contributed by atoms with Gasteiger partial charge in [-0.3, -0.25) is 11.3 Å². The Morgan fingerprint density at radius 3 is 2.94 bits per heavy atom. The fourth-order valence-electron chi connectivity index (χ4n) is 2.29. The zero-order valence-electron chi connectivity index (χ0n) is 9.86. The second-order valence-electron chi connectivity index (χ2n) is 4.53. The number of hydrogen-bond acceptors (Lipinski definition) is 3. The number of benzene rings is 1. The van der Waals surface area contributed by atoms with E-state index >= 15 is 0 Å². The topological polar surface area (TPSA) is 47.3 Å². The number of ether oxygens (including phenoxy) is 1. The monoisotopic (exact) mass is 254 g/mol. The van der Waals surface area contributed by atoms with E-state index in [0.29, 0.717) is 6.10 Å². The zero-order chi connectivity index (χ0) is 12.1. The number of nitrogens with one attached hydrogen (secondary N) is 1. The smallest absolute Gasteiger partial charge is 0.0591 e. The molecule has 0 bridgehead atoms. The Hall–Kier alpha value is -0.610. The molecule has 4 heteroatoms. The van der Waals surface area contributed by atoms with E-state index in [0.717, 1.165) is 42.9 Å². The third-order valence-corrected chi connectivity index (χ3v) is 3.60. The number of hydrogen-bond donors (Lipinski definition) is 2. The second kappa shape index (κ2) is 6.36. The highest BCUT2D eigenvalue weighted by molar-refractivity contribution is 6.31. The predicted molar refractivity (Wildman–Crippen MR) is 69.9 cm³/mol. The van der Waals surface area contributed by atoms with Crippen LogP contribution in [0.4, 0.5) is 0 Å². The van der Waals surface area contributed by atoms with Crippen molar-refractivity contribution in [2.75, 3.05) is 6.61 Å². The van der Waals surface area contributed by atoms with Crippen molar-refractivity contribution in [1.82, 2.24) is 5.43 Å². The summed E-state index contributed by atoms with van der Waals surface area (Å²) in [5.74, 6) is 5.60. The van der Waals surface area contributed by atoms with Gasteiger partial charge in [-0.1, -0.05) is 29.8 Å². The Bertz CT molecular complexity index is 353. The maximum atomic E-state index is 6.14. The normalized spacial score (nSPS) is 21.6. The summed E-state index contributed by atoms with van der Waals surface area (Å²) in [6.45, 7) is 0.883. The van der Waals surface area contributed by atoms with E-state index in [1.165, 1.54) is 0 Å². The minimum Gasteiger partial charge on any atom is -0.378 e. The van der Waals surface area contributed by atoms with Crippen LogP contribution in [0.2, 0.25) is 5.02 Å². The van der Waals surface area contributed by atoms with Crippen LogP contribution in [0.25, 0.3) is 0 Å². The largest absolute Gasteiger partial charge is 0.378 e. The van der Waals surface area contributed by atoms with Crippen LogP contribution in [0.3, 0.4) is 0 Å². The Labute approximate surface area is 107 Å². The highest BCUT2D eigenvalue weighted by atomic mass is 35.5. The number of nitrogens with two attached hydrogens (primary N) is 1. The third-order valence-electron chi connectivity index (χ3n) is 3.23. The molecule has 17 heavy (non-hydrogen) atoms.